The summed E-state index contributed by atoms with van der Waals surface area (Å²) in [7, 11) is 1.35. The van der Waals surface area contributed by atoms with Gasteiger partial charge < -0.3 is 76.7 Å². The number of ether oxygens (including phenoxy) is 13. The molecule has 1 aromatic carbocycles. The maximum atomic E-state index is 10.9. The molecule has 0 aliphatic heterocycles. The molecule has 0 unspecified atom stereocenters. The highest BCUT2D eigenvalue weighted by Gasteiger charge is 2.08. The zero-order chi connectivity index (χ0) is 39.7. The zero-order valence-corrected chi connectivity index (χ0v) is 33.3. The van der Waals surface area contributed by atoms with E-state index in [1.807, 2.05) is 12.1 Å². The van der Waals surface area contributed by atoms with Gasteiger partial charge in [0.2, 0.25) is 0 Å². The normalized spacial score (nSPS) is 11.4. The number of benzene rings is 1. The first-order valence-electron chi connectivity index (χ1n) is 19.2. The van der Waals surface area contributed by atoms with Crippen LogP contribution in [0.3, 0.4) is 0 Å². The van der Waals surface area contributed by atoms with Crippen LogP contribution in [0.2, 0.25) is 0 Å². The summed E-state index contributed by atoms with van der Waals surface area (Å²) in [6.45, 7) is 14.8. The van der Waals surface area contributed by atoms with Gasteiger partial charge in [0.15, 0.2) is 0 Å². The lowest BCUT2D eigenvalue weighted by Crippen LogP contribution is -2.28. The largest absolute Gasteiger partial charge is 0.469 e. The average molecular weight is 796 g/mol. The zero-order valence-electron chi connectivity index (χ0n) is 33.3. The summed E-state index contributed by atoms with van der Waals surface area (Å²) in [5.74, 6) is -0.290. The molecule has 0 saturated heterocycles. The standard InChI is InChI=1S/C38H69NO16/c1-3-39(37-31-35(33-40)30-36(32-37)34-41)5-7-45-9-11-47-13-15-49-17-19-51-21-23-53-25-27-55-29-28-54-26-24-52-22-20-50-18-16-48-14-12-46-10-8-44-6-4-38(42)43-2/h30-32,40-41H,3-29,33-34H2,1-2H3. The molecule has 0 aliphatic rings. The molecule has 0 radical (unpaired) electrons. The molecule has 17 nitrogen and oxygen atoms in total. The van der Waals surface area contributed by atoms with Gasteiger partial charge in [-0.3, -0.25) is 4.79 Å². The molecule has 0 heterocycles. The Kier molecular flexibility index (Phi) is 37.2. The van der Waals surface area contributed by atoms with Gasteiger partial charge in [-0.2, -0.15) is 0 Å². The number of likely N-dealkylation sites (N-methyl/N-ethyl adjacent to an activating group) is 1. The van der Waals surface area contributed by atoms with Crippen LogP contribution in [0.15, 0.2) is 18.2 Å². The monoisotopic (exact) mass is 795 g/mol. The Balaban J connectivity index is 1.71. The molecule has 2 N–H and O–H groups in total. The van der Waals surface area contributed by atoms with Crippen molar-refractivity contribution in [2.75, 3.05) is 184 Å². The van der Waals surface area contributed by atoms with Gasteiger partial charge in [-0.05, 0) is 30.2 Å². The van der Waals surface area contributed by atoms with E-state index in [1.54, 1.807) is 6.07 Å². The second-order valence-corrected chi connectivity index (χ2v) is 11.6. The number of aliphatic hydroxyl groups excluding tert-OH is 2. The van der Waals surface area contributed by atoms with Crippen molar-refractivity contribution in [2.45, 2.75) is 26.6 Å². The molecule has 0 atom stereocenters. The van der Waals surface area contributed by atoms with Crippen LogP contribution in [0.4, 0.5) is 5.69 Å². The number of carbonyl (C=O) groups is 1. The number of hydrogen-bond donors (Lipinski definition) is 2. The van der Waals surface area contributed by atoms with E-state index in [9.17, 15) is 15.0 Å². The van der Waals surface area contributed by atoms with Crippen molar-refractivity contribution in [1.29, 1.82) is 0 Å². The minimum atomic E-state index is -0.290. The molecular weight excluding hydrogens is 726 g/mol. The lowest BCUT2D eigenvalue weighted by molar-refractivity contribution is -0.141. The topological polar surface area (TPSA) is 181 Å². The first kappa shape index (κ1) is 50.9. The van der Waals surface area contributed by atoms with E-state index in [4.69, 9.17) is 56.8 Å². The van der Waals surface area contributed by atoms with Gasteiger partial charge in [0.1, 0.15) is 0 Å². The number of anilines is 1. The van der Waals surface area contributed by atoms with E-state index in [-0.39, 0.29) is 25.6 Å². The van der Waals surface area contributed by atoms with Crippen molar-refractivity contribution in [2.24, 2.45) is 0 Å². The lowest BCUT2D eigenvalue weighted by atomic mass is 10.1. The van der Waals surface area contributed by atoms with Crippen LogP contribution in [-0.2, 0) is 79.6 Å². The van der Waals surface area contributed by atoms with E-state index in [0.29, 0.717) is 165 Å². The smallest absolute Gasteiger partial charge is 0.307 e. The van der Waals surface area contributed by atoms with E-state index >= 15 is 0 Å². The third kappa shape index (κ3) is 32.7. The number of rotatable bonds is 43. The Bertz CT molecular complexity index is 956. The Morgan fingerprint density at radius 2 is 0.727 bits per heavy atom. The van der Waals surface area contributed by atoms with Gasteiger partial charge in [-0.15, -0.1) is 0 Å². The van der Waals surface area contributed by atoms with Crippen molar-refractivity contribution in [3.63, 3.8) is 0 Å². The summed E-state index contributed by atoms with van der Waals surface area (Å²) >= 11 is 0. The Hall–Kier alpha value is -2.07. The molecule has 1 rings (SSSR count). The molecule has 0 saturated carbocycles. The van der Waals surface area contributed by atoms with Crippen LogP contribution in [0.5, 0.6) is 0 Å². The minimum absolute atomic E-state index is 0.0630. The molecule has 55 heavy (non-hydrogen) atoms. The number of methoxy groups -OCH3 is 1. The van der Waals surface area contributed by atoms with E-state index in [2.05, 4.69) is 16.6 Å². The Labute approximate surface area is 327 Å². The van der Waals surface area contributed by atoms with E-state index in [1.165, 1.54) is 7.11 Å². The van der Waals surface area contributed by atoms with Crippen molar-refractivity contribution in [3.05, 3.63) is 29.3 Å². The van der Waals surface area contributed by atoms with Crippen molar-refractivity contribution in [1.82, 2.24) is 0 Å². The fraction of sp³-hybridized carbons (Fsp3) is 0.816. The summed E-state index contributed by atoms with van der Waals surface area (Å²) in [5.41, 5.74) is 2.52. The second-order valence-electron chi connectivity index (χ2n) is 11.6. The average Bonchev–Trinajstić information content (AvgIpc) is 3.21. The number of nitrogens with zero attached hydrogens (tertiary/aromatic N) is 1. The molecule has 0 aliphatic carbocycles. The second kappa shape index (κ2) is 40.1. The van der Waals surface area contributed by atoms with E-state index < -0.39 is 0 Å². The molecule has 17 heteroatoms. The predicted molar refractivity (Wildman–Crippen MR) is 203 cm³/mol. The van der Waals surface area contributed by atoms with Crippen LogP contribution in [0.1, 0.15) is 24.5 Å². The summed E-state index contributed by atoms with van der Waals surface area (Å²) in [4.78, 5) is 13.1. The summed E-state index contributed by atoms with van der Waals surface area (Å²) in [6, 6.07) is 5.67. The maximum Gasteiger partial charge on any atom is 0.307 e. The molecule has 0 fully saturated rings. The maximum absolute atomic E-state index is 10.9. The molecule has 0 amide bonds. The lowest BCUT2D eigenvalue weighted by Gasteiger charge is -2.24. The van der Waals surface area contributed by atoms with Crippen molar-refractivity contribution in [3.8, 4) is 0 Å². The fourth-order valence-corrected chi connectivity index (χ4v) is 4.53. The highest BCUT2D eigenvalue weighted by molar-refractivity contribution is 5.69. The van der Waals surface area contributed by atoms with Gasteiger partial charge >= 0.3 is 5.97 Å². The molecule has 0 spiro atoms. The molecule has 0 aromatic heterocycles. The molecule has 1 aromatic rings. The molecular formula is C38H69NO16. The van der Waals surface area contributed by atoms with Crippen molar-refractivity contribution >= 4 is 11.7 Å². The Morgan fingerprint density at radius 1 is 0.455 bits per heavy atom. The molecule has 0 bridgehead atoms. The van der Waals surface area contributed by atoms with Gasteiger partial charge in [-0.1, -0.05) is 6.07 Å². The van der Waals surface area contributed by atoms with Crippen LogP contribution in [-0.4, -0.2) is 195 Å². The van der Waals surface area contributed by atoms with Gasteiger partial charge in [0.25, 0.3) is 0 Å². The van der Waals surface area contributed by atoms with Crippen LogP contribution in [0.25, 0.3) is 0 Å². The number of carbonyl (C=O) groups excluding carboxylic acids is 1. The SMILES string of the molecule is CCN(CCOCCOCCOCCOCCOCCOCCOCCOCCOCCOCCOCCOCCC(=O)OC)c1cc(CO)cc(CO)c1. The summed E-state index contributed by atoms with van der Waals surface area (Å²) in [6.07, 6.45) is 0.240. The summed E-state index contributed by atoms with van der Waals surface area (Å²) < 4.78 is 70.3. The quantitative estimate of drug-likeness (QED) is 0.0712. The van der Waals surface area contributed by atoms with E-state index in [0.717, 1.165) is 23.4 Å². The van der Waals surface area contributed by atoms with Crippen LogP contribution in [0, 0.1) is 0 Å². The highest BCUT2D eigenvalue weighted by Crippen LogP contribution is 2.19. The first-order valence-corrected chi connectivity index (χ1v) is 19.2. The Morgan fingerprint density at radius 3 is 0.982 bits per heavy atom. The van der Waals surface area contributed by atoms with Crippen LogP contribution < -0.4 is 4.90 Å². The van der Waals surface area contributed by atoms with Crippen molar-refractivity contribution < 1.29 is 76.6 Å². The summed E-state index contributed by atoms with van der Waals surface area (Å²) in [5, 5.41) is 19.0. The number of aliphatic hydroxyl groups is 2. The molecule has 322 valence electrons. The minimum Gasteiger partial charge on any atom is -0.469 e. The predicted octanol–water partition coefficient (Wildman–Crippen LogP) is 1.26. The first-order chi connectivity index (χ1) is 27.1. The third-order valence-corrected chi connectivity index (χ3v) is 7.43. The van der Waals surface area contributed by atoms with Crippen LogP contribution >= 0.6 is 0 Å². The number of hydrogen-bond acceptors (Lipinski definition) is 17. The third-order valence-electron chi connectivity index (χ3n) is 7.43. The van der Waals surface area contributed by atoms with Gasteiger partial charge in [-0.25, -0.2) is 0 Å². The number of esters is 1. The highest BCUT2D eigenvalue weighted by atomic mass is 16.6. The van der Waals surface area contributed by atoms with Gasteiger partial charge in [0, 0.05) is 18.8 Å². The van der Waals surface area contributed by atoms with Gasteiger partial charge in [0.05, 0.1) is 185 Å². The fourth-order valence-electron chi connectivity index (χ4n) is 4.53.